The summed E-state index contributed by atoms with van der Waals surface area (Å²) in [4.78, 5) is 31.2. The molecule has 0 aliphatic heterocycles. The van der Waals surface area contributed by atoms with Crippen molar-refractivity contribution in [1.82, 2.24) is 9.97 Å². The highest BCUT2D eigenvalue weighted by Gasteiger charge is 2.17. The Morgan fingerprint density at radius 2 is 0.963 bits per heavy atom. The van der Waals surface area contributed by atoms with Gasteiger partial charge in [0.05, 0.1) is 17.8 Å². The van der Waals surface area contributed by atoms with Gasteiger partial charge < -0.3 is 9.97 Å². The van der Waals surface area contributed by atoms with Crippen molar-refractivity contribution in [3.05, 3.63) is 96.3 Å². The Hall–Kier alpha value is -3.66. The van der Waals surface area contributed by atoms with Crippen LogP contribution in [-0.2, 0) is 0 Å². The van der Waals surface area contributed by atoms with Crippen molar-refractivity contribution < 1.29 is 9.59 Å². The molecule has 4 rings (SSSR count). The Bertz CT molecular complexity index is 988. The van der Waals surface area contributed by atoms with E-state index < -0.39 is 0 Å². The van der Waals surface area contributed by atoms with Crippen LogP contribution < -0.4 is 0 Å². The van der Waals surface area contributed by atoms with Crippen molar-refractivity contribution in [1.29, 1.82) is 0 Å². The van der Waals surface area contributed by atoms with E-state index in [9.17, 15) is 9.59 Å². The molecule has 0 aliphatic carbocycles. The summed E-state index contributed by atoms with van der Waals surface area (Å²) in [6, 6.07) is 26.7. The van der Waals surface area contributed by atoms with Crippen LogP contribution in [0.25, 0.3) is 22.5 Å². The summed E-state index contributed by atoms with van der Waals surface area (Å²) in [5, 5.41) is 0. The molecule has 0 radical (unpaired) electrons. The molecule has 4 heteroatoms. The van der Waals surface area contributed by atoms with Gasteiger partial charge in [-0.15, -0.1) is 0 Å². The molecule has 0 unspecified atom stereocenters. The van der Waals surface area contributed by atoms with E-state index in [1.807, 2.05) is 72.8 Å². The van der Waals surface area contributed by atoms with Gasteiger partial charge in [-0.05, 0) is 35.4 Å². The number of Topliss-reactive ketones (excluding diaryl/α,β-unsaturated/α-hetero) is 2. The van der Waals surface area contributed by atoms with E-state index in [0.29, 0.717) is 11.4 Å². The zero-order chi connectivity index (χ0) is 18.6. The SMILES string of the molecule is O=C(CC(=O)c1ccc(-c2ccccc2)[nH]1)c1ccc(-c2ccccc2)[nH]1. The van der Waals surface area contributed by atoms with Crippen molar-refractivity contribution in [2.24, 2.45) is 0 Å². The number of aromatic nitrogens is 2. The Morgan fingerprint density at radius 1 is 0.556 bits per heavy atom. The summed E-state index contributed by atoms with van der Waals surface area (Å²) in [5.41, 5.74) is 4.60. The third-order valence-electron chi connectivity index (χ3n) is 4.46. The van der Waals surface area contributed by atoms with Gasteiger partial charge in [0.1, 0.15) is 0 Å². The Kier molecular flexibility index (Phi) is 4.54. The van der Waals surface area contributed by atoms with Crippen LogP contribution in [0.4, 0.5) is 0 Å². The van der Waals surface area contributed by atoms with Crippen LogP contribution in [0.3, 0.4) is 0 Å². The summed E-state index contributed by atoms with van der Waals surface area (Å²) in [5.74, 6) is -0.448. The largest absolute Gasteiger partial charge is 0.352 e. The first-order chi connectivity index (χ1) is 13.2. The monoisotopic (exact) mass is 354 g/mol. The number of H-pyrrole nitrogens is 2. The molecule has 4 nitrogen and oxygen atoms in total. The summed E-state index contributed by atoms with van der Waals surface area (Å²) in [7, 11) is 0. The summed E-state index contributed by atoms with van der Waals surface area (Å²) in [6.45, 7) is 0. The average molecular weight is 354 g/mol. The standard InChI is InChI=1S/C23H18N2O2/c26-22(20-13-11-18(24-20)16-7-3-1-4-8-16)15-23(27)21-14-12-19(25-21)17-9-5-2-6-10-17/h1-14,24-25H,15H2. The minimum atomic E-state index is -0.224. The number of rotatable bonds is 6. The van der Waals surface area contributed by atoms with Crippen LogP contribution in [-0.4, -0.2) is 21.5 Å². The lowest BCUT2D eigenvalue weighted by Gasteiger charge is -2.00. The molecule has 0 aliphatic rings. The van der Waals surface area contributed by atoms with E-state index in [-0.39, 0.29) is 18.0 Å². The van der Waals surface area contributed by atoms with Crippen LogP contribution in [0.5, 0.6) is 0 Å². The molecule has 0 spiro atoms. The molecule has 2 N–H and O–H groups in total. The van der Waals surface area contributed by atoms with Gasteiger partial charge in [-0.25, -0.2) is 0 Å². The van der Waals surface area contributed by atoms with E-state index >= 15 is 0 Å². The molecular formula is C23H18N2O2. The van der Waals surface area contributed by atoms with Crippen molar-refractivity contribution in [2.75, 3.05) is 0 Å². The zero-order valence-corrected chi connectivity index (χ0v) is 14.6. The third-order valence-corrected chi connectivity index (χ3v) is 4.46. The molecule has 2 aromatic heterocycles. The maximum absolute atomic E-state index is 12.5. The summed E-state index contributed by atoms with van der Waals surface area (Å²) in [6.07, 6.45) is -0.177. The second kappa shape index (κ2) is 7.30. The van der Waals surface area contributed by atoms with E-state index in [1.54, 1.807) is 12.1 Å². The van der Waals surface area contributed by atoms with Gasteiger partial charge in [0.25, 0.3) is 0 Å². The van der Waals surface area contributed by atoms with Crippen molar-refractivity contribution in [2.45, 2.75) is 6.42 Å². The summed E-state index contributed by atoms with van der Waals surface area (Å²) < 4.78 is 0. The van der Waals surface area contributed by atoms with Crippen molar-refractivity contribution in [3.63, 3.8) is 0 Å². The first-order valence-corrected chi connectivity index (χ1v) is 8.76. The Labute approximate surface area is 156 Å². The van der Waals surface area contributed by atoms with Crippen molar-refractivity contribution in [3.8, 4) is 22.5 Å². The smallest absolute Gasteiger partial charge is 0.186 e. The van der Waals surface area contributed by atoms with Gasteiger partial charge in [-0.1, -0.05) is 60.7 Å². The van der Waals surface area contributed by atoms with E-state index in [4.69, 9.17) is 0 Å². The Morgan fingerprint density at radius 3 is 1.37 bits per heavy atom. The van der Waals surface area contributed by atoms with Crippen LogP contribution in [0.15, 0.2) is 84.9 Å². The van der Waals surface area contributed by atoms with Gasteiger partial charge >= 0.3 is 0 Å². The second-order valence-corrected chi connectivity index (χ2v) is 6.33. The first kappa shape index (κ1) is 16.8. The lowest BCUT2D eigenvalue weighted by molar-refractivity contribution is 0.0889. The number of carbonyl (C=O) groups is 2. The van der Waals surface area contributed by atoms with Gasteiger partial charge in [0.15, 0.2) is 11.6 Å². The van der Waals surface area contributed by atoms with Gasteiger partial charge in [0, 0.05) is 11.4 Å². The Balaban J connectivity index is 1.46. The normalized spacial score (nSPS) is 10.7. The molecule has 2 aromatic carbocycles. The van der Waals surface area contributed by atoms with Crippen LogP contribution in [0, 0.1) is 0 Å². The number of benzene rings is 2. The topological polar surface area (TPSA) is 65.7 Å². The second-order valence-electron chi connectivity index (χ2n) is 6.33. The fourth-order valence-corrected chi connectivity index (χ4v) is 3.02. The highest BCUT2D eigenvalue weighted by molar-refractivity contribution is 6.12. The number of aromatic amines is 2. The van der Waals surface area contributed by atoms with Gasteiger partial charge in [0.2, 0.25) is 0 Å². The highest BCUT2D eigenvalue weighted by Crippen LogP contribution is 2.21. The van der Waals surface area contributed by atoms with Gasteiger partial charge in [-0.2, -0.15) is 0 Å². The molecule has 0 fully saturated rings. The van der Waals surface area contributed by atoms with Crippen molar-refractivity contribution >= 4 is 11.6 Å². The third kappa shape index (κ3) is 3.65. The minimum absolute atomic E-state index is 0.177. The highest BCUT2D eigenvalue weighted by atomic mass is 16.1. The lowest BCUT2D eigenvalue weighted by Crippen LogP contribution is -2.09. The average Bonchev–Trinajstić information content (AvgIpc) is 3.39. The number of ketones is 2. The molecule has 0 atom stereocenters. The number of nitrogens with one attached hydrogen (secondary N) is 2. The quantitative estimate of drug-likeness (QED) is 0.372. The molecule has 132 valence electrons. The van der Waals surface area contributed by atoms with E-state index in [1.165, 1.54) is 0 Å². The molecule has 4 aromatic rings. The number of carbonyl (C=O) groups excluding carboxylic acids is 2. The molecule has 0 saturated heterocycles. The predicted molar refractivity (Wildman–Crippen MR) is 106 cm³/mol. The maximum atomic E-state index is 12.5. The summed E-state index contributed by atoms with van der Waals surface area (Å²) >= 11 is 0. The zero-order valence-electron chi connectivity index (χ0n) is 14.6. The fourth-order valence-electron chi connectivity index (χ4n) is 3.02. The minimum Gasteiger partial charge on any atom is -0.352 e. The van der Waals surface area contributed by atoms with Crippen LogP contribution in [0.1, 0.15) is 27.4 Å². The van der Waals surface area contributed by atoms with E-state index in [0.717, 1.165) is 22.5 Å². The first-order valence-electron chi connectivity index (χ1n) is 8.76. The molecule has 2 heterocycles. The molecule has 0 saturated carbocycles. The number of hydrogen-bond acceptors (Lipinski definition) is 2. The van der Waals surface area contributed by atoms with Gasteiger partial charge in [-0.3, -0.25) is 9.59 Å². The fraction of sp³-hybridized carbons (Fsp3) is 0.0435. The molecule has 0 bridgehead atoms. The number of hydrogen-bond donors (Lipinski definition) is 2. The maximum Gasteiger partial charge on any atom is 0.186 e. The van der Waals surface area contributed by atoms with E-state index in [2.05, 4.69) is 9.97 Å². The van der Waals surface area contributed by atoms with Crippen LogP contribution >= 0.6 is 0 Å². The van der Waals surface area contributed by atoms with Crippen LogP contribution in [0.2, 0.25) is 0 Å². The predicted octanol–water partition coefficient (Wildman–Crippen LogP) is 5.13. The molecular weight excluding hydrogens is 336 g/mol. The molecule has 0 amide bonds. The molecule has 27 heavy (non-hydrogen) atoms. The lowest BCUT2D eigenvalue weighted by atomic mass is 10.1.